The summed E-state index contributed by atoms with van der Waals surface area (Å²) in [6, 6.07) is 0. The van der Waals surface area contributed by atoms with Gasteiger partial charge in [-0.3, -0.25) is 4.79 Å². The number of ketones is 1. The molecule has 0 aromatic rings. The van der Waals surface area contributed by atoms with E-state index < -0.39 is 0 Å². The third-order valence-electron chi connectivity index (χ3n) is 3.06. The van der Waals surface area contributed by atoms with Crippen LogP contribution < -0.4 is 0 Å². The van der Waals surface area contributed by atoms with Crippen molar-refractivity contribution in [2.45, 2.75) is 59.8 Å². The second-order valence-corrected chi connectivity index (χ2v) is 4.85. The zero-order valence-electron chi connectivity index (χ0n) is 11.6. The van der Waals surface area contributed by atoms with E-state index in [1.54, 1.807) is 0 Å². The number of carbonyl (C=O) groups is 1. The van der Waals surface area contributed by atoms with E-state index in [0.29, 0.717) is 11.7 Å². The van der Waals surface area contributed by atoms with Crippen LogP contribution in [0.4, 0.5) is 0 Å². The van der Waals surface area contributed by atoms with Gasteiger partial charge >= 0.3 is 0 Å². The van der Waals surface area contributed by atoms with E-state index in [4.69, 9.17) is 0 Å². The minimum absolute atomic E-state index is 0.437. The summed E-state index contributed by atoms with van der Waals surface area (Å²) in [6.45, 7) is 11.9. The Morgan fingerprint density at radius 2 is 1.62 bits per heavy atom. The smallest absolute Gasteiger partial charge is 0.134 e. The lowest BCUT2D eigenvalue weighted by Crippen LogP contribution is -2.28. The Bertz CT molecular complexity index is 174. The molecule has 0 radical (unpaired) electrons. The number of Topliss-reactive ketones (excluding diaryl/α,β-unsaturated/α-hetero) is 1. The first-order valence-electron chi connectivity index (χ1n) is 6.88. The van der Waals surface area contributed by atoms with Crippen molar-refractivity contribution in [3.63, 3.8) is 0 Å². The monoisotopic (exact) mass is 227 g/mol. The van der Waals surface area contributed by atoms with Crippen LogP contribution in [0.2, 0.25) is 0 Å². The van der Waals surface area contributed by atoms with Crippen LogP contribution in [0.3, 0.4) is 0 Å². The summed E-state index contributed by atoms with van der Waals surface area (Å²) in [7, 11) is 0. The zero-order valence-corrected chi connectivity index (χ0v) is 11.6. The molecule has 1 atom stereocenters. The largest absolute Gasteiger partial charge is 0.303 e. The molecule has 0 N–H and O–H groups in total. The van der Waals surface area contributed by atoms with Crippen molar-refractivity contribution in [1.82, 2.24) is 4.90 Å². The molecule has 0 amide bonds. The van der Waals surface area contributed by atoms with E-state index in [9.17, 15) is 4.79 Å². The summed E-state index contributed by atoms with van der Waals surface area (Å²) in [6.07, 6.45) is 4.98. The highest BCUT2D eigenvalue weighted by Gasteiger charge is 2.09. The Balaban J connectivity index is 3.77. The Labute approximate surface area is 101 Å². The number of nitrogens with zero attached hydrogens (tertiary/aromatic N) is 1. The topological polar surface area (TPSA) is 20.3 Å². The van der Waals surface area contributed by atoms with Crippen molar-refractivity contribution in [2.75, 3.05) is 19.6 Å². The molecular formula is C14H29NO. The molecular weight excluding hydrogens is 198 g/mol. The molecule has 16 heavy (non-hydrogen) atoms. The summed E-state index contributed by atoms with van der Waals surface area (Å²) in [4.78, 5) is 14.1. The predicted molar refractivity (Wildman–Crippen MR) is 70.7 cm³/mol. The normalized spacial score (nSPS) is 13.1. The first-order valence-corrected chi connectivity index (χ1v) is 6.88. The van der Waals surface area contributed by atoms with Crippen LogP contribution in [-0.2, 0) is 4.79 Å². The summed E-state index contributed by atoms with van der Waals surface area (Å²) < 4.78 is 0. The van der Waals surface area contributed by atoms with Crippen LogP contribution in [0, 0.1) is 5.92 Å². The molecule has 0 bridgehead atoms. The summed E-state index contributed by atoms with van der Waals surface area (Å²) in [5.74, 6) is 0.991. The maximum atomic E-state index is 11.7. The van der Waals surface area contributed by atoms with Gasteiger partial charge in [-0.25, -0.2) is 0 Å². The molecule has 0 aromatic heterocycles. The highest BCUT2D eigenvalue weighted by atomic mass is 16.1. The zero-order chi connectivity index (χ0) is 12.4. The molecule has 0 fully saturated rings. The van der Waals surface area contributed by atoms with Crippen molar-refractivity contribution in [3.05, 3.63) is 0 Å². The van der Waals surface area contributed by atoms with Crippen molar-refractivity contribution in [2.24, 2.45) is 5.92 Å². The third kappa shape index (κ3) is 7.86. The molecule has 0 aromatic carbocycles. The van der Waals surface area contributed by atoms with Crippen molar-refractivity contribution >= 4 is 5.78 Å². The summed E-state index contributed by atoms with van der Waals surface area (Å²) in [5, 5.41) is 0. The predicted octanol–water partition coefficient (Wildman–Crippen LogP) is 3.50. The number of hydrogen-bond acceptors (Lipinski definition) is 2. The standard InChI is InChI=1S/C14H29NO/c1-5-9-15(10-6-2)11-8-14(16)12-13(4)7-3/h13H,5-12H2,1-4H3. The lowest BCUT2D eigenvalue weighted by atomic mass is 10.0. The average molecular weight is 227 g/mol. The molecule has 0 rings (SSSR count). The van der Waals surface area contributed by atoms with Crippen LogP contribution in [0.1, 0.15) is 59.8 Å². The minimum Gasteiger partial charge on any atom is -0.303 e. The molecule has 0 spiro atoms. The summed E-state index contributed by atoms with van der Waals surface area (Å²) >= 11 is 0. The molecule has 1 unspecified atom stereocenters. The Kier molecular flexibility index (Phi) is 9.60. The fourth-order valence-corrected chi connectivity index (χ4v) is 1.89. The molecule has 2 heteroatoms. The maximum Gasteiger partial charge on any atom is 0.134 e. The summed E-state index contributed by atoms with van der Waals surface area (Å²) in [5.41, 5.74) is 0. The third-order valence-corrected chi connectivity index (χ3v) is 3.06. The molecule has 0 heterocycles. The van der Waals surface area contributed by atoms with Crippen LogP contribution in [-0.4, -0.2) is 30.3 Å². The van der Waals surface area contributed by atoms with Gasteiger partial charge in [0.15, 0.2) is 0 Å². The van der Waals surface area contributed by atoms with Gasteiger partial charge in [0.05, 0.1) is 0 Å². The van der Waals surface area contributed by atoms with Gasteiger partial charge in [0.1, 0.15) is 5.78 Å². The number of carbonyl (C=O) groups excluding carboxylic acids is 1. The molecule has 0 saturated carbocycles. The van der Waals surface area contributed by atoms with Gasteiger partial charge < -0.3 is 4.90 Å². The van der Waals surface area contributed by atoms with Crippen molar-refractivity contribution < 1.29 is 4.79 Å². The van der Waals surface area contributed by atoms with Gasteiger partial charge in [-0.15, -0.1) is 0 Å². The van der Waals surface area contributed by atoms with Gasteiger partial charge in [-0.2, -0.15) is 0 Å². The lowest BCUT2D eigenvalue weighted by molar-refractivity contribution is -0.120. The van der Waals surface area contributed by atoms with Crippen LogP contribution in [0.25, 0.3) is 0 Å². The van der Waals surface area contributed by atoms with Gasteiger partial charge in [0.2, 0.25) is 0 Å². The second kappa shape index (κ2) is 9.83. The molecule has 2 nitrogen and oxygen atoms in total. The Morgan fingerprint density at radius 3 is 2.06 bits per heavy atom. The molecule has 0 aliphatic heterocycles. The molecule has 0 aliphatic rings. The molecule has 0 aliphatic carbocycles. The average Bonchev–Trinajstić information content (AvgIpc) is 2.26. The first kappa shape index (κ1) is 15.6. The first-order chi connectivity index (χ1) is 7.63. The van der Waals surface area contributed by atoms with E-state index in [1.807, 2.05) is 0 Å². The van der Waals surface area contributed by atoms with Crippen LogP contribution >= 0.6 is 0 Å². The number of hydrogen-bond donors (Lipinski definition) is 0. The number of rotatable bonds is 10. The van der Waals surface area contributed by atoms with Crippen molar-refractivity contribution in [3.8, 4) is 0 Å². The van der Waals surface area contributed by atoms with Gasteiger partial charge in [-0.05, 0) is 31.8 Å². The maximum absolute atomic E-state index is 11.7. The fourth-order valence-electron chi connectivity index (χ4n) is 1.89. The quantitative estimate of drug-likeness (QED) is 0.569. The van der Waals surface area contributed by atoms with Gasteiger partial charge in [-0.1, -0.05) is 34.1 Å². The Hall–Kier alpha value is -0.370. The van der Waals surface area contributed by atoms with Gasteiger partial charge in [0.25, 0.3) is 0 Å². The minimum atomic E-state index is 0.437. The van der Waals surface area contributed by atoms with E-state index in [2.05, 4.69) is 32.6 Å². The van der Waals surface area contributed by atoms with Crippen LogP contribution in [0.15, 0.2) is 0 Å². The van der Waals surface area contributed by atoms with E-state index in [0.717, 1.165) is 38.9 Å². The highest BCUT2D eigenvalue weighted by Crippen LogP contribution is 2.09. The molecule has 96 valence electrons. The SMILES string of the molecule is CCCN(CCC)CCC(=O)CC(C)CC. The molecule has 0 saturated heterocycles. The van der Waals surface area contributed by atoms with E-state index in [1.165, 1.54) is 12.8 Å². The van der Waals surface area contributed by atoms with Gasteiger partial charge in [0, 0.05) is 19.4 Å². The van der Waals surface area contributed by atoms with E-state index >= 15 is 0 Å². The van der Waals surface area contributed by atoms with E-state index in [-0.39, 0.29) is 0 Å². The highest BCUT2D eigenvalue weighted by molar-refractivity contribution is 5.78. The van der Waals surface area contributed by atoms with Crippen molar-refractivity contribution in [1.29, 1.82) is 0 Å². The fraction of sp³-hybridized carbons (Fsp3) is 0.929. The lowest BCUT2D eigenvalue weighted by Gasteiger charge is -2.20. The Morgan fingerprint density at radius 1 is 1.06 bits per heavy atom. The van der Waals surface area contributed by atoms with Crippen LogP contribution in [0.5, 0.6) is 0 Å². The second-order valence-electron chi connectivity index (χ2n) is 4.85.